The van der Waals surface area contributed by atoms with Crippen molar-refractivity contribution < 1.29 is 19.1 Å². The number of carbonyl (C=O) groups is 2. The fraction of sp³-hybridized carbons (Fsp3) is 0.182. The number of halogens is 3. The molecule has 162 valence electrons. The molecule has 0 saturated carbocycles. The second-order valence-corrected chi connectivity index (χ2v) is 8.99. The van der Waals surface area contributed by atoms with Gasteiger partial charge in [-0.2, -0.15) is 0 Å². The highest BCUT2D eigenvalue weighted by molar-refractivity contribution is 9.10. The van der Waals surface area contributed by atoms with Crippen molar-refractivity contribution in [3.8, 4) is 11.5 Å². The van der Waals surface area contributed by atoms with Crippen LogP contribution in [0.4, 0.5) is 4.79 Å². The van der Waals surface area contributed by atoms with E-state index in [1.54, 1.807) is 42.5 Å². The molecule has 2 amide bonds. The first kappa shape index (κ1) is 23.7. The number of benzene rings is 2. The van der Waals surface area contributed by atoms with E-state index in [1.807, 2.05) is 6.92 Å². The maximum Gasteiger partial charge on any atom is 0.293 e. The quantitative estimate of drug-likeness (QED) is 0.266. The smallest absolute Gasteiger partial charge is 0.293 e. The van der Waals surface area contributed by atoms with Gasteiger partial charge < -0.3 is 9.47 Å². The van der Waals surface area contributed by atoms with Gasteiger partial charge in [0.15, 0.2) is 11.5 Å². The van der Waals surface area contributed by atoms with Crippen LogP contribution in [0.15, 0.2) is 52.4 Å². The molecule has 0 unspecified atom stereocenters. The summed E-state index contributed by atoms with van der Waals surface area (Å²) in [6, 6.07) is 8.59. The van der Waals surface area contributed by atoms with Gasteiger partial charge in [0.25, 0.3) is 11.1 Å². The summed E-state index contributed by atoms with van der Waals surface area (Å²) in [6.07, 6.45) is 3.28. The lowest BCUT2D eigenvalue weighted by Gasteiger charge is -2.15. The molecule has 1 aliphatic rings. The van der Waals surface area contributed by atoms with Crippen LogP contribution in [-0.4, -0.2) is 29.3 Å². The number of thioether (sulfide) groups is 1. The number of hydrogen-bond donors (Lipinski definition) is 0. The Kier molecular flexibility index (Phi) is 8.11. The maximum absolute atomic E-state index is 12.9. The van der Waals surface area contributed by atoms with Crippen molar-refractivity contribution in [2.75, 3.05) is 13.2 Å². The van der Waals surface area contributed by atoms with E-state index in [0.717, 1.165) is 16.7 Å². The van der Waals surface area contributed by atoms with Crippen LogP contribution >= 0.6 is 50.9 Å². The normalized spacial score (nSPS) is 15.0. The molecule has 0 aliphatic carbocycles. The summed E-state index contributed by atoms with van der Waals surface area (Å²) in [4.78, 5) is 26.8. The van der Waals surface area contributed by atoms with Gasteiger partial charge >= 0.3 is 0 Å². The summed E-state index contributed by atoms with van der Waals surface area (Å²) in [5.74, 6) is 0.652. The van der Waals surface area contributed by atoms with Crippen LogP contribution in [0.1, 0.15) is 18.1 Å². The summed E-state index contributed by atoms with van der Waals surface area (Å²) in [6.45, 7) is 6.27. The van der Waals surface area contributed by atoms with Crippen LogP contribution < -0.4 is 9.47 Å². The minimum atomic E-state index is -0.410. The topological polar surface area (TPSA) is 55.8 Å². The summed E-state index contributed by atoms with van der Waals surface area (Å²) in [5, 5.41) is 0.411. The van der Waals surface area contributed by atoms with Gasteiger partial charge in [0, 0.05) is 15.6 Å². The Bertz CT molecular complexity index is 1050. The van der Waals surface area contributed by atoms with Gasteiger partial charge in [-0.1, -0.05) is 41.9 Å². The van der Waals surface area contributed by atoms with Crippen LogP contribution in [0.2, 0.25) is 10.0 Å². The molecule has 1 fully saturated rings. The molecule has 2 aromatic carbocycles. The van der Waals surface area contributed by atoms with Crippen LogP contribution in [-0.2, 0) is 11.3 Å². The molecule has 3 rings (SSSR count). The average molecular weight is 543 g/mol. The first-order valence-corrected chi connectivity index (χ1v) is 11.6. The molecule has 1 saturated heterocycles. The van der Waals surface area contributed by atoms with Crippen molar-refractivity contribution in [2.45, 2.75) is 13.5 Å². The van der Waals surface area contributed by atoms with Gasteiger partial charge in [-0.25, -0.2) is 0 Å². The Morgan fingerprint density at radius 3 is 2.55 bits per heavy atom. The van der Waals surface area contributed by atoms with E-state index in [4.69, 9.17) is 32.7 Å². The molecule has 0 radical (unpaired) electrons. The average Bonchev–Trinajstić information content (AvgIpc) is 2.97. The highest BCUT2D eigenvalue weighted by atomic mass is 79.9. The molecule has 0 spiro atoms. The van der Waals surface area contributed by atoms with Crippen LogP contribution in [0.5, 0.6) is 11.5 Å². The molecule has 0 N–H and O–H groups in total. The third kappa shape index (κ3) is 5.47. The first-order valence-electron chi connectivity index (χ1n) is 9.24. The molecule has 0 bridgehead atoms. The van der Waals surface area contributed by atoms with Gasteiger partial charge in [0.2, 0.25) is 0 Å². The number of amides is 2. The van der Waals surface area contributed by atoms with E-state index in [1.165, 1.54) is 0 Å². The summed E-state index contributed by atoms with van der Waals surface area (Å²) < 4.78 is 12.0. The highest BCUT2D eigenvalue weighted by Gasteiger charge is 2.35. The molecule has 9 heteroatoms. The van der Waals surface area contributed by atoms with E-state index in [9.17, 15) is 9.59 Å². The first-order chi connectivity index (χ1) is 14.8. The Morgan fingerprint density at radius 2 is 1.90 bits per heavy atom. The standard InChI is InChI=1S/C22H18BrCl2NO4S/c1-3-8-30-20-15(23)9-13(10-18(20)29-4-2)11-19-21(27)26(22(28)31-19)12-14-16(24)6-5-7-17(14)25/h3,5-7,9-11H,1,4,8,12H2,2H3/b19-11-. The zero-order valence-electron chi connectivity index (χ0n) is 16.5. The number of hydrogen-bond acceptors (Lipinski definition) is 5. The molecular weight excluding hydrogens is 525 g/mol. The second-order valence-electron chi connectivity index (χ2n) is 6.33. The Balaban J connectivity index is 1.89. The van der Waals surface area contributed by atoms with E-state index in [-0.39, 0.29) is 11.8 Å². The predicted molar refractivity (Wildman–Crippen MR) is 129 cm³/mol. The summed E-state index contributed by atoms with van der Waals surface area (Å²) >= 11 is 16.7. The minimum Gasteiger partial charge on any atom is -0.490 e. The lowest BCUT2D eigenvalue weighted by atomic mass is 10.1. The zero-order chi connectivity index (χ0) is 22.5. The van der Waals surface area contributed by atoms with Gasteiger partial charge in [0.05, 0.1) is 22.5 Å². The highest BCUT2D eigenvalue weighted by Crippen LogP contribution is 2.40. The number of nitrogens with zero attached hydrogens (tertiary/aromatic N) is 1. The third-order valence-corrected chi connectivity index (χ3v) is 6.43. The van der Waals surface area contributed by atoms with Crippen molar-refractivity contribution in [2.24, 2.45) is 0 Å². The van der Waals surface area contributed by atoms with Crippen LogP contribution in [0, 0.1) is 0 Å². The predicted octanol–water partition coefficient (Wildman–Crippen LogP) is 6.96. The molecule has 0 atom stereocenters. The van der Waals surface area contributed by atoms with E-state index >= 15 is 0 Å². The molecule has 31 heavy (non-hydrogen) atoms. The molecule has 0 aromatic heterocycles. The summed E-state index contributed by atoms with van der Waals surface area (Å²) in [7, 11) is 0. The molecular formula is C22H18BrCl2NO4S. The third-order valence-electron chi connectivity index (χ3n) is 4.23. The van der Waals surface area contributed by atoms with Crippen molar-refractivity contribution in [1.29, 1.82) is 0 Å². The Morgan fingerprint density at radius 1 is 1.19 bits per heavy atom. The van der Waals surface area contributed by atoms with Crippen molar-refractivity contribution in [3.05, 3.63) is 73.5 Å². The monoisotopic (exact) mass is 541 g/mol. The SMILES string of the molecule is C=CCOc1c(Br)cc(/C=C2\SC(=O)N(Cc3c(Cl)cccc3Cl)C2=O)cc1OCC. The van der Waals surface area contributed by atoms with Gasteiger partial charge in [-0.3, -0.25) is 14.5 Å². The fourth-order valence-corrected chi connectivity index (χ4v) is 4.78. The lowest BCUT2D eigenvalue weighted by molar-refractivity contribution is -0.123. The van der Waals surface area contributed by atoms with E-state index in [2.05, 4.69) is 22.5 Å². The van der Waals surface area contributed by atoms with Crippen molar-refractivity contribution >= 4 is 68.1 Å². The van der Waals surface area contributed by atoms with Crippen molar-refractivity contribution in [1.82, 2.24) is 4.90 Å². The summed E-state index contributed by atoms with van der Waals surface area (Å²) in [5.41, 5.74) is 1.21. The molecule has 2 aromatic rings. The maximum atomic E-state index is 12.9. The molecule has 1 aliphatic heterocycles. The molecule has 1 heterocycles. The number of rotatable bonds is 8. The molecule has 5 nitrogen and oxygen atoms in total. The number of ether oxygens (including phenoxy) is 2. The fourth-order valence-electron chi connectivity index (χ4n) is 2.85. The minimum absolute atomic E-state index is 0.00271. The largest absolute Gasteiger partial charge is 0.490 e. The zero-order valence-corrected chi connectivity index (χ0v) is 20.4. The lowest BCUT2D eigenvalue weighted by Crippen LogP contribution is -2.27. The Hall–Kier alpha value is -1.93. The van der Waals surface area contributed by atoms with Crippen LogP contribution in [0.25, 0.3) is 6.08 Å². The number of imide groups is 1. The van der Waals surface area contributed by atoms with Gasteiger partial charge in [-0.15, -0.1) is 0 Å². The van der Waals surface area contributed by atoms with E-state index < -0.39 is 5.91 Å². The Labute approximate surface area is 203 Å². The van der Waals surface area contributed by atoms with Crippen molar-refractivity contribution in [3.63, 3.8) is 0 Å². The van der Waals surface area contributed by atoms with Gasteiger partial charge in [-0.05, 0) is 70.5 Å². The number of carbonyl (C=O) groups excluding carboxylic acids is 2. The van der Waals surface area contributed by atoms with Gasteiger partial charge in [0.1, 0.15) is 6.61 Å². The second kappa shape index (κ2) is 10.6. The van der Waals surface area contributed by atoms with Crippen LogP contribution in [0.3, 0.4) is 0 Å². The van der Waals surface area contributed by atoms with E-state index in [0.29, 0.717) is 55.3 Å².